The van der Waals surface area contributed by atoms with Gasteiger partial charge in [0.2, 0.25) is 5.91 Å². The molecule has 0 spiro atoms. The van der Waals surface area contributed by atoms with Crippen molar-refractivity contribution in [3.63, 3.8) is 0 Å². The number of rotatable bonds is 15. The number of carbonyl (C=O) groups excluding carboxylic acids is 2. The van der Waals surface area contributed by atoms with Crippen LogP contribution in [0.2, 0.25) is 0 Å². The zero-order chi connectivity index (χ0) is 20.2. The van der Waals surface area contributed by atoms with Crippen molar-refractivity contribution >= 4 is 12.2 Å². The predicted molar refractivity (Wildman–Crippen MR) is 103 cm³/mol. The van der Waals surface area contributed by atoms with Gasteiger partial charge in [0.1, 0.15) is 12.4 Å². The summed E-state index contributed by atoms with van der Waals surface area (Å²) < 4.78 is 16.9. The average molecular weight is 374 g/mol. The van der Waals surface area contributed by atoms with Gasteiger partial charge in [0.15, 0.2) is 0 Å². The highest BCUT2D eigenvalue weighted by molar-refractivity contribution is 5.81. The predicted octanol–water partition coefficient (Wildman–Crippen LogP) is 3.27. The maximum Gasteiger partial charge on any atom is 0.249 e. The minimum Gasteiger partial charge on any atom is -0.378 e. The number of nitrogens with one attached hydrogen (secondary N) is 1. The molecule has 0 aromatic carbocycles. The Kier molecular flexibility index (Phi) is 11.9. The lowest BCUT2D eigenvalue weighted by atomic mass is 9.99. The molecule has 0 bridgehead atoms. The van der Waals surface area contributed by atoms with Crippen molar-refractivity contribution in [1.29, 1.82) is 0 Å². The van der Waals surface area contributed by atoms with Crippen LogP contribution in [0.25, 0.3) is 0 Å². The van der Waals surface area contributed by atoms with Gasteiger partial charge in [-0.25, -0.2) is 0 Å². The van der Waals surface area contributed by atoms with E-state index in [4.69, 9.17) is 14.2 Å². The molecule has 0 aromatic rings. The Morgan fingerprint density at radius 1 is 1.12 bits per heavy atom. The molecule has 1 N–H and O–H groups in total. The Labute approximate surface area is 159 Å². The molecule has 154 valence electrons. The monoisotopic (exact) mass is 373 g/mol. The van der Waals surface area contributed by atoms with Crippen molar-refractivity contribution < 1.29 is 23.8 Å². The second-order valence-electron chi connectivity index (χ2n) is 7.82. The summed E-state index contributed by atoms with van der Waals surface area (Å²) in [6.07, 6.45) is 3.99. The van der Waals surface area contributed by atoms with Crippen molar-refractivity contribution in [2.75, 3.05) is 20.3 Å². The van der Waals surface area contributed by atoms with Crippen LogP contribution < -0.4 is 5.32 Å². The van der Waals surface area contributed by atoms with Gasteiger partial charge in [-0.05, 0) is 60.3 Å². The van der Waals surface area contributed by atoms with Gasteiger partial charge in [-0.2, -0.15) is 0 Å². The average Bonchev–Trinajstić information content (AvgIpc) is 2.58. The number of hydrogen-bond donors (Lipinski definition) is 1. The molecular formula is C20H39NO5. The maximum atomic E-state index is 12.3. The van der Waals surface area contributed by atoms with Gasteiger partial charge in [0, 0.05) is 25.7 Å². The standard InChI is InChI=1S/C20H39NO5/c1-8-20(6,24-7)12-15-26-17(3)18(23)21-19(4,5)11-14-25-16(2)10-9-13-22/h13,16-17H,8-12,14-15H2,1-7H3,(H,21,23). The summed E-state index contributed by atoms with van der Waals surface area (Å²) in [5.41, 5.74) is -0.600. The fourth-order valence-corrected chi connectivity index (χ4v) is 2.35. The summed E-state index contributed by atoms with van der Waals surface area (Å²) in [4.78, 5) is 22.7. The van der Waals surface area contributed by atoms with Crippen molar-refractivity contribution in [2.24, 2.45) is 0 Å². The Morgan fingerprint density at radius 3 is 2.27 bits per heavy atom. The van der Waals surface area contributed by atoms with Crippen LogP contribution in [0.4, 0.5) is 0 Å². The highest BCUT2D eigenvalue weighted by Crippen LogP contribution is 2.19. The topological polar surface area (TPSA) is 73.9 Å². The fourth-order valence-electron chi connectivity index (χ4n) is 2.35. The molecule has 3 unspecified atom stereocenters. The first-order valence-electron chi connectivity index (χ1n) is 9.63. The molecule has 6 nitrogen and oxygen atoms in total. The van der Waals surface area contributed by atoms with E-state index in [1.54, 1.807) is 14.0 Å². The Hall–Kier alpha value is -0.980. The summed E-state index contributed by atoms with van der Waals surface area (Å²) in [5, 5.41) is 3.02. The highest BCUT2D eigenvalue weighted by Gasteiger charge is 2.25. The van der Waals surface area contributed by atoms with Crippen LogP contribution in [-0.2, 0) is 23.8 Å². The molecule has 0 aliphatic carbocycles. The van der Waals surface area contributed by atoms with Crippen LogP contribution in [0, 0.1) is 0 Å². The van der Waals surface area contributed by atoms with Gasteiger partial charge >= 0.3 is 0 Å². The molecule has 0 saturated heterocycles. The van der Waals surface area contributed by atoms with Gasteiger partial charge in [-0.3, -0.25) is 4.79 Å². The molecule has 6 heteroatoms. The molecule has 0 aliphatic heterocycles. The summed E-state index contributed by atoms with van der Waals surface area (Å²) in [5.74, 6) is -0.125. The van der Waals surface area contributed by atoms with Crippen molar-refractivity contribution in [3.8, 4) is 0 Å². The van der Waals surface area contributed by atoms with Gasteiger partial charge in [0.25, 0.3) is 0 Å². The van der Waals surface area contributed by atoms with Gasteiger partial charge in [-0.15, -0.1) is 0 Å². The maximum absolute atomic E-state index is 12.3. The van der Waals surface area contributed by atoms with Crippen LogP contribution >= 0.6 is 0 Å². The summed E-state index contributed by atoms with van der Waals surface area (Å²) in [6.45, 7) is 12.8. The zero-order valence-corrected chi connectivity index (χ0v) is 17.7. The third-order valence-corrected chi connectivity index (χ3v) is 4.89. The number of aldehydes is 1. The summed E-state index contributed by atoms with van der Waals surface area (Å²) >= 11 is 0. The second-order valence-corrected chi connectivity index (χ2v) is 7.82. The molecule has 26 heavy (non-hydrogen) atoms. The second kappa shape index (κ2) is 12.4. The first-order valence-corrected chi connectivity index (χ1v) is 9.63. The molecule has 0 heterocycles. The van der Waals surface area contributed by atoms with E-state index in [2.05, 4.69) is 12.2 Å². The van der Waals surface area contributed by atoms with E-state index in [1.165, 1.54) is 0 Å². The number of ether oxygens (including phenoxy) is 3. The van der Waals surface area contributed by atoms with E-state index in [0.717, 1.165) is 25.5 Å². The lowest BCUT2D eigenvalue weighted by Gasteiger charge is -2.29. The molecule has 0 aromatic heterocycles. The molecular weight excluding hydrogens is 334 g/mol. The van der Waals surface area contributed by atoms with Crippen LogP contribution in [0.5, 0.6) is 0 Å². The molecule has 1 amide bonds. The minimum absolute atomic E-state index is 0.0441. The summed E-state index contributed by atoms with van der Waals surface area (Å²) in [6, 6.07) is 0. The minimum atomic E-state index is -0.514. The Balaban J connectivity index is 4.18. The molecule has 0 rings (SSSR count). The fraction of sp³-hybridized carbons (Fsp3) is 0.900. The third-order valence-electron chi connectivity index (χ3n) is 4.89. The van der Waals surface area contributed by atoms with Gasteiger partial charge in [0.05, 0.1) is 18.3 Å². The number of amides is 1. The van der Waals surface area contributed by atoms with E-state index < -0.39 is 6.10 Å². The van der Waals surface area contributed by atoms with Crippen LogP contribution in [0.15, 0.2) is 0 Å². The number of hydrogen-bond acceptors (Lipinski definition) is 5. The Bertz CT molecular complexity index is 407. The third kappa shape index (κ3) is 10.9. The largest absolute Gasteiger partial charge is 0.378 e. The van der Waals surface area contributed by atoms with Crippen molar-refractivity contribution in [1.82, 2.24) is 5.32 Å². The number of carbonyl (C=O) groups is 2. The van der Waals surface area contributed by atoms with Crippen LogP contribution in [-0.4, -0.2) is 55.9 Å². The SMILES string of the molecule is CCC(C)(CCOC(C)C(=O)NC(C)(C)CCOC(C)CCC=O)OC. The van der Waals surface area contributed by atoms with Gasteiger partial charge < -0.3 is 24.3 Å². The van der Waals surface area contributed by atoms with E-state index in [1.807, 2.05) is 27.7 Å². The summed E-state index contributed by atoms with van der Waals surface area (Å²) in [7, 11) is 1.70. The quantitative estimate of drug-likeness (QED) is 0.446. The molecule has 0 saturated carbocycles. The molecule has 0 radical (unpaired) electrons. The van der Waals surface area contributed by atoms with Gasteiger partial charge in [-0.1, -0.05) is 6.92 Å². The Morgan fingerprint density at radius 2 is 1.73 bits per heavy atom. The van der Waals surface area contributed by atoms with E-state index in [-0.39, 0.29) is 23.2 Å². The van der Waals surface area contributed by atoms with E-state index in [9.17, 15) is 9.59 Å². The number of methoxy groups -OCH3 is 1. The lowest BCUT2D eigenvalue weighted by Crippen LogP contribution is -2.48. The molecule has 0 aliphatic rings. The normalized spacial score (nSPS) is 16.6. The van der Waals surface area contributed by atoms with Crippen LogP contribution in [0.3, 0.4) is 0 Å². The first-order chi connectivity index (χ1) is 12.1. The smallest absolute Gasteiger partial charge is 0.249 e. The van der Waals surface area contributed by atoms with Crippen molar-refractivity contribution in [2.45, 2.75) is 97.0 Å². The molecule has 3 atom stereocenters. The van der Waals surface area contributed by atoms with Crippen molar-refractivity contribution in [3.05, 3.63) is 0 Å². The molecule has 0 fully saturated rings. The van der Waals surface area contributed by atoms with Crippen LogP contribution in [0.1, 0.15) is 73.6 Å². The van der Waals surface area contributed by atoms with E-state index in [0.29, 0.717) is 26.1 Å². The van der Waals surface area contributed by atoms with E-state index >= 15 is 0 Å². The zero-order valence-electron chi connectivity index (χ0n) is 17.7. The highest BCUT2D eigenvalue weighted by atomic mass is 16.5. The lowest BCUT2D eigenvalue weighted by molar-refractivity contribution is -0.135. The first kappa shape index (κ1) is 25.0.